The molecule has 0 spiro atoms. The quantitative estimate of drug-likeness (QED) is 0.378. The zero-order valence-corrected chi connectivity index (χ0v) is 21.0. The molecule has 1 unspecified atom stereocenters. The number of aliphatic imine (C=N–C) groups is 1. The Morgan fingerprint density at radius 3 is 2.32 bits per heavy atom. The summed E-state index contributed by atoms with van der Waals surface area (Å²) in [5.41, 5.74) is 2.23. The predicted molar refractivity (Wildman–Crippen MR) is 141 cm³/mol. The van der Waals surface area contributed by atoms with Crippen molar-refractivity contribution in [2.45, 2.75) is 18.1 Å². The van der Waals surface area contributed by atoms with Gasteiger partial charge in [0.25, 0.3) is 0 Å². The second-order valence-electron chi connectivity index (χ2n) is 7.61. The molecule has 5 nitrogen and oxygen atoms in total. The number of nitrogens with zero attached hydrogens (tertiary/aromatic N) is 2. The summed E-state index contributed by atoms with van der Waals surface area (Å²) in [5, 5.41) is 4.04. The number of hydrogen-bond acceptors (Lipinski definition) is 4. The van der Waals surface area contributed by atoms with Crippen LogP contribution in [0.3, 0.4) is 0 Å². The zero-order valence-electron chi connectivity index (χ0n) is 17.9. The van der Waals surface area contributed by atoms with Gasteiger partial charge >= 0.3 is 0 Å². The Balaban J connectivity index is 1.56. The highest BCUT2D eigenvalue weighted by Gasteiger charge is 2.35. The fourth-order valence-electron chi connectivity index (χ4n) is 3.42. The SMILES string of the molecule is O=C(Nc1cc(Cl)cc(Cl)c1)C1CC(=O)N(CCc2ccccc2)C(=Nc2ccc(Cl)cc2)S1. The maximum Gasteiger partial charge on any atom is 0.238 e. The third kappa shape index (κ3) is 6.54. The van der Waals surface area contributed by atoms with Crippen LogP contribution in [-0.4, -0.2) is 33.7 Å². The van der Waals surface area contributed by atoms with Gasteiger partial charge in [0.2, 0.25) is 11.8 Å². The van der Waals surface area contributed by atoms with Crippen molar-refractivity contribution in [3.05, 3.63) is 93.4 Å². The van der Waals surface area contributed by atoms with Crippen molar-refractivity contribution in [1.82, 2.24) is 4.90 Å². The second kappa shape index (κ2) is 11.3. The lowest BCUT2D eigenvalue weighted by molar-refractivity contribution is -0.129. The molecule has 3 aromatic rings. The van der Waals surface area contributed by atoms with Crippen LogP contribution in [0.25, 0.3) is 0 Å². The number of amides is 2. The second-order valence-corrected chi connectivity index (χ2v) is 10.1. The molecule has 0 aliphatic carbocycles. The fraction of sp³-hybridized carbons (Fsp3) is 0.160. The summed E-state index contributed by atoms with van der Waals surface area (Å²) in [6, 6.07) is 21.7. The normalized spacial score (nSPS) is 17.1. The highest BCUT2D eigenvalue weighted by Crippen LogP contribution is 2.31. The van der Waals surface area contributed by atoms with Gasteiger partial charge in [-0.25, -0.2) is 4.99 Å². The number of amidine groups is 1. The summed E-state index contributed by atoms with van der Waals surface area (Å²) >= 11 is 19.3. The molecule has 1 heterocycles. The van der Waals surface area contributed by atoms with Crippen molar-refractivity contribution in [2.75, 3.05) is 11.9 Å². The number of halogens is 3. The monoisotopic (exact) mass is 531 g/mol. The number of nitrogens with one attached hydrogen (secondary N) is 1. The summed E-state index contributed by atoms with van der Waals surface area (Å²) in [6.07, 6.45) is 0.726. The van der Waals surface area contributed by atoms with Gasteiger partial charge in [0.1, 0.15) is 5.25 Å². The van der Waals surface area contributed by atoms with Crippen LogP contribution in [0, 0.1) is 0 Å². The van der Waals surface area contributed by atoms with Crippen LogP contribution in [0.1, 0.15) is 12.0 Å². The first kappa shape index (κ1) is 24.6. The maximum atomic E-state index is 13.1. The van der Waals surface area contributed by atoms with Gasteiger partial charge in [-0.15, -0.1) is 0 Å². The smallest absolute Gasteiger partial charge is 0.238 e. The van der Waals surface area contributed by atoms with E-state index in [0.717, 1.165) is 5.56 Å². The molecule has 2 amide bonds. The average molecular weight is 533 g/mol. The van der Waals surface area contributed by atoms with Crippen LogP contribution in [0.4, 0.5) is 11.4 Å². The molecule has 1 saturated heterocycles. The molecular formula is C25H20Cl3N3O2S. The minimum absolute atomic E-state index is 0.0548. The third-order valence-electron chi connectivity index (χ3n) is 5.08. The molecule has 0 aromatic heterocycles. The topological polar surface area (TPSA) is 61.8 Å². The number of carbonyl (C=O) groups is 2. The van der Waals surface area contributed by atoms with Crippen molar-refractivity contribution in [2.24, 2.45) is 4.99 Å². The van der Waals surface area contributed by atoms with E-state index in [4.69, 9.17) is 34.8 Å². The molecule has 1 N–H and O–H groups in total. The van der Waals surface area contributed by atoms with Crippen LogP contribution < -0.4 is 5.32 Å². The van der Waals surface area contributed by atoms with Crippen LogP contribution in [-0.2, 0) is 16.0 Å². The Hall–Kier alpha value is -2.51. The van der Waals surface area contributed by atoms with E-state index in [-0.39, 0.29) is 18.2 Å². The summed E-state index contributed by atoms with van der Waals surface area (Å²) < 4.78 is 0. The number of hydrogen-bond donors (Lipinski definition) is 1. The summed E-state index contributed by atoms with van der Waals surface area (Å²) in [7, 11) is 0. The molecule has 0 bridgehead atoms. The molecule has 9 heteroatoms. The van der Waals surface area contributed by atoms with Gasteiger partial charge in [0.05, 0.1) is 5.69 Å². The Morgan fingerprint density at radius 1 is 0.971 bits per heavy atom. The highest BCUT2D eigenvalue weighted by atomic mass is 35.5. The molecule has 1 fully saturated rings. The number of carbonyl (C=O) groups excluding carboxylic acids is 2. The Morgan fingerprint density at radius 2 is 1.65 bits per heavy atom. The van der Waals surface area contributed by atoms with Crippen molar-refractivity contribution in [3.8, 4) is 0 Å². The van der Waals surface area contributed by atoms with Crippen molar-refractivity contribution < 1.29 is 9.59 Å². The minimum atomic E-state index is -0.649. The first-order valence-electron chi connectivity index (χ1n) is 10.5. The van der Waals surface area contributed by atoms with Crippen molar-refractivity contribution in [3.63, 3.8) is 0 Å². The largest absolute Gasteiger partial charge is 0.325 e. The predicted octanol–water partition coefficient (Wildman–Crippen LogP) is 6.85. The van der Waals surface area contributed by atoms with Crippen LogP contribution >= 0.6 is 46.6 Å². The van der Waals surface area contributed by atoms with E-state index in [9.17, 15) is 9.59 Å². The standard InChI is InChI=1S/C25H20Cl3N3O2S/c26-17-6-8-20(9-7-17)30-25-31(11-10-16-4-2-1-3-5-16)23(32)15-22(34-25)24(33)29-21-13-18(27)12-19(28)14-21/h1-9,12-14,22H,10-11,15H2,(H,29,33). The van der Waals surface area contributed by atoms with Gasteiger partial charge in [-0.2, -0.15) is 0 Å². The van der Waals surface area contributed by atoms with E-state index in [0.29, 0.717) is 44.6 Å². The van der Waals surface area contributed by atoms with Crippen molar-refractivity contribution >= 4 is 74.9 Å². The van der Waals surface area contributed by atoms with Crippen molar-refractivity contribution in [1.29, 1.82) is 0 Å². The summed E-state index contributed by atoms with van der Waals surface area (Å²) in [5.74, 6) is -0.477. The number of benzene rings is 3. The number of anilines is 1. The van der Waals surface area contributed by atoms with E-state index in [1.807, 2.05) is 30.3 Å². The minimum Gasteiger partial charge on any atom is -0.325 e. The van der Waals surface area contributed by atoms with Crippen LogP contribution in [0.5, 0.6) is 0 Å². The van der Waals surface area contributed by atoms with E-state index in [1.54, 1.807) is 47.4 Å². The number of rotatable bonds is 6. The summed E-state index contributed by atoms with van der Waals surface area (Å²) in [4.78, 5) is 32.5. The fourth-order valence-corrected chi connectivity index (χ4v) is 5.20. The molecule has 174 valence electrons. The van der Waals surface area contributed by atoms with E-state index < -0.39 is 5.25 Å². The maximum absolute atomic E-state index is 13.1. The zero-order chi connectivity index (χ0) is 24.1. The van der Waals surface area contributed by atoms with Gasteiger partial charge in [0, 0.05) is 33.7 Å². The van der Waals surface area contributed by atoms with Gasteiger partial charge in [-0.1, -0.05) is 76.9 Å². The molecule has 34 heavy (non-hydrogen) atoms. The lowest BCUT2D eigenvalue weighted by Gasteiger charge is -2.32. The molecule has 1 aliphatic rings. The van der Waals surface area contributed by atoms with E-state index in [1.165, 1.54) is 11.8 Å². The Labute approximate surface area is 217 Å². The third-order valence-corrected chi connectivity index (χ3v) is 6.96. The van der Waals surface area contributed by atoms with Gasteiger partial charge in [-0.3, -0.25) is 14.5 Å². The Kier molecular flexibility index (Phi) is 8.16. The molecular weight excluding hydrogens is 513 g/mol. The number of thioether (sulfide) groups is 1. The molecule has 3 aromatic carbocycles. The van der Waals surface area contributed by atoms with E-state index in [2.05, 4.69) is 10.3 Å². The lowest BCUT2D eigenvalue weighted by atomic mass is 10.1. The van der Waals surface area contributed by atoms with E-state index >= 15 is 0 Å². The molecule has 0 saturated carbocycles. The lowest BCUT2D eigenvalue weighted by Crippen LogP contribution is -2.46. The van der Waals surface area contributed by atoms with Gasteiger partial charge in [-0.05, 0) is 54.4 Å². The molecule has 1 atom stereocenters. The van der Waals surface area contributed by atoms with Gasteiger partial charge in [0.15, 0.2) is 5.17 Å². The first-order chi connectivity index (χ1) is 16.4. The van der Waals surface area contributed by atoms with Gasteiger partial charge < -0.3 is 5.32 Å². The van der Waals surface area contributed by atoms with Crippen LogP contribution in [0.2, 0.25) is 15.1 Å². The molecule has 0 radical (unpaired) electrons. The summed E-state index contributed by atoms with van der Waals surface area (Å²) in [6.45, 7) is 0.459. The molecule has 1 aliphatic heterocycles. The molecule has 4 rings (SSSR count). The van der Waals surface area contributed by atoms with Crippen LogP contribution in [0.15, 0.2) is 77.8 Å². The average Bonchev–Trinajstić information content (AvgIpc) is 2.80. The Bertz CT molecular complexity index is 1200. The first-order valence-corrected chi connectivity index (χ1v) is 12.5. The highest BCUT2D eigenvalue weighted by molar-refractivity contribution is 8.15.